The number of carbonyl (C=O) groups is 2. The minimum Gasteiger partial charge on any atom is -0.326 e. The quantitative estimate of drug-likeness (QED) is 0.913. The van der Waals surface area contributed by atoms with Gasteiger partial charge in [-0.1, -0.05) is 24.3 Å². The Morgan fingerprint density at radius 3 is 2.77 bits per heavy atom. The van der Waals surface area contributed by atoms with Crippen LogP contribution in [0.25, 0.3) is 0 Å². The summed E-state index contributed by atoms with van der Waals surface area (Å²) in [4.78, 5) is 25.2. The van der Waals surface area contributed by atoms with E-state index < -0.39 is 5.25 Å². The molecule has 22 heavy (non-hydrogen) atoms. The molecule has 4 nitrogen and oxygen atoms in total. The second kappa shape index (κ2) is 6.23. The molecule has 3 rings (SSSR count). The number of hydrogen-bond acceptors (Lipinski definition) is 3. The molecule has 0 aliphatic carbocycles. The van der Waals surface area contributed by atoms with E-state index in [0.717, 1.165) is 21.8 Å². The number of anilines is 2. The summed E-state index contributed by atoms with van der Waals surface area (Å²) in [7, 11) is 0. The Balaban J connectivity index is 1.68. The summed E-state index contributed by atoms with van der Waals surface area (Å²) in [6.07, 6.45) is 0.152. The molecule has 0 fully saturated rings. The average Bonchev–Trinajstić information content (AvgIpc) is 2.49. The molecule has 0 saturated heterocycles. The monoisotopic (exact) mass is 312 g/mol. The van der Waals surface area contributed by atoms with Gasteiger partial charge in [0.05, 0.1) is 10.9 Å². The van der Waals surface area contributed by atoms with Crippen LogP contribution in [0.5, 0.6) is 0 Å². The summed E-state index contributed by atoms with van der Waals surface area (Å²) in [6, 6.07) is 15.1. The molecular formula is C17H16N2O2S. The molecule has 2 amide bonds. The molecule has 0 spiro atoms. The first-order valence-corrected chi connectivity index (χ1v) is 7.93. The number of fused-ring (bicyclic) bond motifs is 1. The average molecular weight is 312 g/mol. The molecule has 0 radical (unpaired) electrons. The zero-order chi connectivity index (χ0) is 15.5. The van der Waals surface area contributed by atoms with Gasteiger partial charge in [-0.3, -0.25) is 9.59 Å². The van der Waals surface area contributed by atoms with Crippen molar-refractivity contribution >= 4 is 35.0 Å². The Bertz CT molecular complexity index is 716. The second-order valence-electron chi connectivity index (χ2n) is 5.21. The van der Waals surface area contributed by atoms with E-state index in [2.05, 4.69) is 10.6 Å². The van der Waals surface area contributed by atoms with Crippen LogP contribution in [0.1, 0.15) is 12.0 Å². The lowest BCUT2D eigenvalue weighted by Gasteiger charge is -2.24. The van der Waals surface area contributed by atoms with Gasteiger partial charge >= 0.3 is 0 Å². The number of aryl methyl sites for hydroxylation is 1. The van der Waals surface area contributed by atoms with Crippen LogP contribution in [0, 0.1) is 6.92 Å². The van der Waals surface area contributed by atoms with E-state index in [1.807, 2.05) is 55.5 Å². The Labute approximate surface area is 133 Å². The van der Waals surface area contributed by atoms with Crippen molar-refractivity contribution < 1.29 is 9.59 Å². The molecule has 112 valence electrons. The van der Waals surface area contributed by atoms with Crippen LogP contribution in [0.3, 0.4) is 0 Å². The van der Waals surface area contributed by atoms with Crippen molar-refractivity contribution in [3.05, 3.63) is 54.1 Å². The van der Waals surface area contributed by atoms with Gasteiger partial charge < -0.3 is 10.6 Å². The molecule has 1 atom stereocenters. The number of para-hydroxylation sites is 1. The number of thioether (sulfide) groups is 1. The first-order chi connectivity index (χ1) is 10.6. The van der Waals surface area contributed by atoms with Crippen LogP contribution < -0.4 is 10.6 Å². The molecule has 1 aliphatic rings. The minimum absolute atomic E-state index is 0.121. The Morgan fingerprint density at radius 2 is 2.00 bits per heavy atom. The lowest BCUT2D eigenvalue weighted by molar-refractivity contribution is -0.120. The van der Waals surface area contributed by atoms with Crippen molar-refractivity contribution in [2.24, 2.45) is 0 Å². The molecule has 0 aromatic heterocycles. The molecule has 1 unspecified atom stereocenters. The van der Waals surface area contributed by atoms with Crippen molar-refractivity contribution in [2.75, 3.05) is 10.6 Å². The third-order valence-corrected chi connectivity index (χ3v) is 4.64. The predicted molar refractivity (Wildman–Crippen MR) is 89.1 cm³/mol. The first-order valence-electron chi connectivity index (χ1n) is 7.05. The highest BCUT2D eigenvalue weighted by Gasteiger charge is 2.29. The van der Waals surface area contributed by atoms with Crippen LogP contribution in [0.15, 0.2) is 53.4 Å². The van der Waals surface area contributed by atoms with E-state index in [1.165, 1.54) is 11.8 Å². The Hall–Kier alpha value is -2.27. The van der Waals surface area contributed by atoms with Gasteiger partial charge in [-0.05, 0) is 36.8 Å². The molecule has 1 heterocycles. The van der Waals surface area contributed by atoms with Gasteiger partial charge in [0.25, 0.3) is 0 Å². The fourth-order valence-corrected chi connectivity index (χ4v) is 3.49. The van der Waals surface area contributed by atoms with Gasteiger partial charge in [0, 0.05) is 17.0 Å². The summed E-state index contributed by atoms with van der Waals surface area (Å²) < 4.78 is 0. The molecule has 1 aliphatic heterocycles. The zero-order valence-electron chi connectivity index (χ0n) is 12.1. The molecule has 2 aromatic carbocycles. The van der Waals surface area contributed by atoms with Crippen LogP contribution in [0.4, 0.5) is 11.4 Å². The van der Waals surface area contributed by atoms with E-state index >= 15 is 0 Å². The van der Waals surface area contributed by atoms with Crippen LogP contribution >= 0.6 is 11.8 Å². The van der Waals surface area contributed by atoms with Crippen LogP contribution in [-0.4, -0.2) is 17.1 Å². The fourth-order valence-electron chi connectivity index (χ4n) is 2.29. The molecule has 2 N–H and O–H groups in total. The molecule has 0 saturated carbocycles. The van der Waals surface area contributed by atoms with Crippen molar-refractivity contribution in [1.82, 2.24) is 0 Å². The van der Waals surface area contributed by atoms with E-state index in [-0.39, 0.29) is 18.2 Å². The smallest absolute Gasteiger partial charge is 0.238 e. The van der Waals surface area contributed by atoms with E-state index in [0.29, 0.717) is 0 Å². The highest BCUT2D eigenvalue weighted by atomic mass is 32.2. The summed E-state index contributed by atoms with van der Waals surface area (Å²) in [5.74, 6) is -0.278. The normalized spacial score (nSPS) is 16.6. The van der Waals surface area contributed by atoms with E-state index in [4.69, 9.17) is 0 Å². The lowest BCUT2D eigenvalue weighted by atomic mass is 10.2. The predicted octanol–water partition coefficient (Wildman–Crippen LogP) is 3.44. The summed E-state index contributed by atoms with van der Waals surface area (Å²) >= 11 is 1.45. The lowest BCUT2D eigenvalue weighted by Crippen LogP contribution is -2.32. The highest BCUT2D eigenvalue weighted by molar-refractivity contribution is 8.01. The van der Waals surface area contributed by atoms with Crippen molar-refractivity contribution in [3.8, 4) is 0 Å². The number of benzene rings is 2. The van der Waals surface area contributed by atoms with E-state index in [1.54, 1.807) is 0 Å². The number of carbonyl (C=O) groups excluding carboxylic acids is 2. The largest absolute Gasteiger partial charge is 0.326 e. The van der Waals surface area contributed by atoms with Crippen molar-refractivity contribution in [2.45, 2.75) is 23.5 Å². The van der Waals surface area contributed by atoms with Gasteiger partial charge in [0.15, 0.2) is 0 Å². The molecule has 2 aromatic rings. The van der Waals surface area contributed by atoms with Gasteiger partial charge in [-0.25, -0.2) is 0 Å². The zero-order valence-corrected chi connectivity index (χ0v) is 12.9. The first kappa shape index (κ1) is 14.7. The van der Waals surface area contributed by atoms with E-state index in [9.17, 15) is 9.59 Å². The maximum absolute atomic E-state index is 12.1. The van der Waals surface area contributed by atoms with Crippen LogP contribution in [-0.2, 0) is 9.59 Å². The number of amides is 2. The third-order valence-electron chi connectivity index (χ3n) is 3.38. The molecular weight excluding hydrogens is 296 g/mol. The Morgan fingerprint density at radius 1 is 1.23 bits per heavy atom. The highest BCUT2D eigenvalue weighted by Crippen LogP contribution is 2.37. The van der Waals surface area contributed by atoms with Gasteiger partial charge in [-0.2, -0.15) is 0 Å². The van der Waals surface area contributed by atoms with Gasteiger partial charge in [-0.15, -0.1) is 11.8 Å². The maximum atomic E-state index is 12.1. The SMILES string of the molecule is Cc1ccc2c(c1)SC(CC(=O)Nc1ccccc1)C(=O)N2. The third kappa shape index (κ3) is 3.31. The fraction of sp³-hybridized carbons (Fsp3) is 0.176. The minimum atomic E-state index is -0.405. The number of rotatable bonds is 3. The number of hydrogen-bond donors (Lipinski definition) is 2. The molecule has 0 bridgehead atoms. The van der Waals surface area contributed by atoms with Crippen molar-refractivity contribution in [1.29, 1.82) is 0 Å². The van der Waals surface area contributed by atoms with Gasteiger partial charge in [0.2, 0.25) is 11.8 Å². The van der Waals surface area contributed by atoms with Crippen molar-refractivity contribution in [3.63, 3.8) is 0 Å². The molecule has 5 heteroatoms. The summed E-state index contributed by atoms with van der Waals surface area (Å²) in [5.41, 5.74) is 2.69. The summed E-state index contributed by atoms with van der Waals surface area (Å²) in [6.45, 7) is 2.01. The maximum Gasteiger partial charge on any atom is 0.238 e. The topological polar surface area (TPSA) is 58.2 Å². The van der Waals surface area contributed by atoms with Gasteiger partial charge in [0.1, 0.15) is 0 Å². The second-order valence-corrected chi connectivity index (χ2v) is 6.46. The standard InChI is InChI=1S/C17H16N2O2S/c1-11-7-8-13-14(9-11)22-15(17(21)19-13)10-16(20)18-12-5-3-2-4-6-12/h2-9,15H,10H2,1H3,(H,18,20)(H,19,21). The summed E-state index contributed by atoms with van der Waals surface area (Å²) in [5, 5.41) is 5.27. The number of nitrogens with one attached hydrogen (secondary N) is 2. The van der Waals surface area contributed by atoms with Crippen LogP contribution in [0.2, 0.25) is 0 Å². The Kier molecular flexibility index (Phi) is 4.15.